The summed E-state index contributed by atoms with van der Waals surface area (Å²) in [6.07, 6.45) is 2.36. The highest BCUT2D eigenvalue weighted by Crippen LogP contribution is 2.47. The van der Waals surface area contributed by atoms with Gasteiger partial charge >= 0.3 is 0 Å². The molecular weight excluding hydrogens is 452 g/mol. The number of thioether (sulfide) groups is 1. The number of nitrogens with one attached hydrogen (secondary N) is 1. The number of allylic oxidation sites excluding steroid dienone is 2. The van der Waals surface area contributed by atoms with E-state index in [1.807, 2.05) is 22.9 Å². The van der Waals surface area contributed by atoms with Crippen molar-refractivity contribution in [3.8, 4) is 5.75 Å². The number of methoxy groups -OCH3 is 1. The minimum atomic E-state index is -0.360. The fourth-order valence-corrected chi connectivity index (χ4v) is 5.11. The van der Waals surface area contributed by atoms with Gasteiger partial charge in [-0.15, -0.1) is 5.10 Å². The van der Waals surface area contributed by atoms with Crippen LogP contribution in [0.15, 0.2) is 39.1 Å². The molecule has 1 atom stereocenters. The lowest BCUT2D eigenvalue weighted by Gasteiger charge is -2.38. The van der Waals surface area contributed by atoms with Gasteiger partial charge in [0.25, 0.3) is 0 Å². The van der Waals surface area contributed by atoms with Gasteiger partial charge in [0, 0.05) is 33.5 Å². The van der Waals surface area contributed by atoms with Crippen molar-refractivity contribution < 1.29 is 9.53 Å². The number of nitrogens with zero attached hydrogens (tertiary/aromatic N) is 3. The number of hydrogen-bond donors (Lipinski definition) is 1. The van der Waals surface area contributed by atoms with Crippen molar-refractivity contribution in [1.82, 2.24) is 14.8 Å². The van der Waals surface area contributed by atoms with Gasteiger partial charge in [-0.05, 0) is 36.5 Å². The quantitative estimate of drug-likeness (QED) is 0.597. The maximum absolute atomic E-state index is 13.3. The Labute approximate surface area is 183 Å². The van der Waals surface area contributed by atoms with Gasteiger partial charge in [-0.25, -0.2) is 4.68 Å². The van der Waals surface area contributed by atoms with E-state index >= 15 is 0 Å². The summed E-state index contributed by atoms with van der Waals surface area (Å²) in [6.45, 7) is 6.40. The molecule has 4 rings (SSSR count). The van der Waals surface area contributed by atoms with Gasteiger partial charge in [0.2, 0.25) is 11.1 Å². The molecule has 0 saturated heterocycles. The van der Waals surface area contributed by atoms with Gasteiger partial charge in [-0.3, -0.25) is 4.79 Å². The number of rotatable bonds is 5. The molecule has 1 unspecified atom stereocenters. The lowest BCUT2D eigenvalue weighted by molar-refractivity contribution is -0.118. The molecule has 2 aromatic rings. The fourth-order valence-electron chi connectivity index (χ4n) is 4.05. The van der Waals surface area contributed by atoms with E-state index in [1.54, 1.807) is 18.9 Å². The van der Waals surface area contributed by atoms with Crippen molar-refractivity contribution in [3.63, 3.8) is 0 Å². The van der Waals surface area contributed by atoms with Crippen molar-refractivity contribution in [3.05, 3.63) is 39.5 Å². The van der Waals surface area contributed by atoms with Crippen molar-refractivity contribution >= 4 is 39.4 Å². The summed E-state index contributed by atoms with van der Waals surface area (Å²) in [5.74, 6) is 2.52. The first-order valence-corrected chi connectivity index (χ1v) is 11.6. The molecule has 0 radical (unpaired) electrons. The Morgan fingerprint density at radius 1 is 1.38 bits per heavy atom. The predicted octanol–water partition coefficient (Wildman–Crippen LogP) is 5.21. The van der Waals surface area contributed by atoms with Crippen LogP contribution in [0.1, 0.15) is 51.6 Å². The number of fused-ring (bicyclic) bond motifs is 1. The van der Waals surface area contributed by atoms with E-state index < -0.39 is 0 Å². The molecule has 2 heterocycles. The van der Waals surface area contributed by atoms with E-state index in [0.29, 0.717) is 12.4 Å². The summed E-state index contributed by atoms with van der Waals surface area (Å²) in [7, 11) is 1.65. The predicted molar refractivity (Wildman–Crippen MR) is 119 cm³/mol. The van der Waals surface area contributed by atoms with Crippen LogP contribution in [0.4, 0.5) is 5.95 Å². The fraction of sp³-hybridized carbons (Fsp3) is 0.476. The number of aromatic nitrogens is 3. The van der Waals surface area contributed by atoms with E-state index in [1.165, 1.54) is 0 Å². The molecule has 1 N–H and O–H groups in total. The average Bonchev–Trinajstić information content (AvgIpc) is 3.06. The zero-order valence-corrected chi connectivity index (χ0v) is 19.5. The van der Waals surface area contributed by atoms with Crippen molar-refractivity contribution in [2.75, 3.05) is 18.2 Å². The molecule has 0 amide bonds. The Morgan fingerprint density at radius 2 is 2.17 bits per heavy atom. The van der Waals surface area contributed by atoms with Gasteiger partial charge in [0.05, 0.1) is 7.11 Å². The molecule has 1 aliphatic heterocycles. The lowest BCUT2D eigenvalue weighted by Crippen LogP contribution is -2.36. The minimum absolute atomic E-state index is 0.0865. The van der Waals surface area contributed by atoms with Gasteiger partial charge < -0.3 is 10.1 Å². The summed E-state index contributed by atoms with van der Waals surface area (Å²) < 4.78 is 8.43. The summed E-state index contributed by atoms with van der Waals surface area (Å²) in [5, 5.41) is 8.90. The van der Waals surface area contributed by atoms with Gasteiger partial charge in [0.1, 0.15) is 11.8 Å². The third-order valence-electron chi connectivity index (χ3n) is 5.23. The van der Waals surface area contributed by atoms with Crippen molar-refractivity contribution in [2.24, 2.45) is 5.41 Å². The number of carbonyl (C=O) groups excluding carboxylic acids is 1. The topological polar surface area (TPSA) is 69.0 Å². The van der Waals surface area contributed by atoms with Crippen LogP contribution in [-0.4, -0.2) is 33.4 Å². The highest BCUT2D eigenvalue weighted by molar-refractivity contribution is 9.10. The van der Waals surface area contributed by atoms with E-state index in [-0.39, 0.29) is 17.2 Å². The molecule has 0 fully saturated rings. The second-order valence-corrected chi connectivity index (χ2v) is 10.2. The molecule has 1 aromatic heterocycles. The molecule has 0 spiro atoms. The van der Waals surface area contributed by atoms with E-state index in [4.69, 9.17) is 14.8 Å². The van der Waals surface area contributed by atoms with Crippen LogP contribution in [0.5, 0.6) is 5.75 Å². The minimum Gasteiger partial charge on any atom is -0.496 e. The Morgan fingerprint density at radius 3 is 2.90 bits per heavy atom. The molecular formula is C21H25BrN4O2S. The standard InChI is InChI=1S/C21H25BrN4O2S/c1-5-8-29-20-24-19-23-14-10-21(2,3)11-15(27)17(14)18(26(19)25-20)13-9-12(22)6-7-16(13)28-4/h6-7,9,18H,5,8,10-11H2,1-4H3,(H,23,24,25). The summed E-state index contributed by atoms with van der Waals surface area (Å²) >= 11 is 5.20. The number of halogens is 1. The van der Waals surface area contributed by atoms with Crippen molar-refractivity contribution in [2.45, 2.75) is 51.2 Å². The molecule has 2 aliphatic rings. The van der Waals surface area contributed by atoms with Crippen LogP contribution in [0.3, 0.4) is 0 Å². The maximum Gasteiger partial charge on any atom is 0.227 e. The summed E-state index contributed by atoms with van der Waals surface area (Å²) in [6, 6.07) is 5.51. The van der Waals surface area contributed by atoms with E-state index in [2.05, 4.69) is 42.0 Å². The molecule has 1 aliphatic carbocycles. The Kier molecular flexibility index (Phi) is 5.50. The van der Waals surface area contributed by atoms with E-state index in [9.17, 15) is 4.79 Å². The van der Waals surface area contributed by atoms with Crippen LogP contribution in [0.25, 0.3) is 0 Å². The van der Waals surface area contributed by atoms with Gasteiger partial charge in [0.15, 0.2) is 5.78 Å². The van der Waals surface area contributed by atoms with Crippen LogP contribution in [0, 0.1) is 5.41 Å². The SMILES string of the molecule is CCCSc1nc2n(n1)C(c1cc(Br)ccc1OC)C1=C(CC(C)(C)CC1=O)N2. The number of carbonyl (C=O) groups is 1. The zero-order chi connectivity index (χ0) is 20.8. The molecule has 29 heavy (non-hydrogen) atoms. The molecule has 0 bridgehead atoms. The van der Waals surface area contributed by atoms with Crippen LogP contribution in [-0.2, 0) is 4.79 Å². The first-order chi connectivity index (χ1) is 13.8. The maximum atomic E-state index is 13.3. The number of anilines is 1. The normalized spacial score (nSPS) is 20.2. The van der Waals surface area contributed by atoms with Crippen LogP contribution in [0.2, 0.25) is 0 Å². The lowest BCUT2D eigenvalue weighted by atomic mass is 9.73. The molecule has 8 heteroatoms. The molecule has 6 nitrogen and oxygen atoms in total. The number of benzene rings is 1. The number of hydrogen-bond acceptors (Lipinski definition) is 6. The molecule has 0 saturated carbocycles. The Bertz CT molecular complexity index is 999. The van der Waals surface area contributed by atoms with Crippen LogP contribution >= 0.6 is 27.7 Å². The van der Waals surface area contributed by atoms with Gasteiger partial charge in [-0.1, -0.05) is 48.5 Å². The van der Waals surface area contributed by atoms with Crippen molar-refractivity contribution in [1.29, 1.82) is 0 Å². The molecule has 1 aromatic carbocycles. The zero-order valence-electron chi connectivity index (χ0n) is 17.1. The smallest absolute Gasteiger partial charge is 0.227 e. The Hall–Kier alpha value is -1.80. The number of ketones is 1. The first kappa shape index (κ1) is 20.5. The second-order valence-electron chi connectivity index (χ2n) is 8.26. The average molecular weight is 477 g/mol. The number of ether oxygens (including phenoxy) is 1. The third-order valence-corrected chi connectivity index (χ3v) is 6.77. The molecule has 154 valence electrons. The monoisotopic (exact) mass is 476 g/mol. The number of Topliss-reactive ketones (excluding diaryl/α,β-unsaturated/α-hetero) is 1. The highest BCUT2D eigenvalue weighted by atomic mass is 79.9. The largest absolute Gasteiger partial charge is 0.496 e. The highest BCUT2D eigenvalue weighted by Gasteiger charge is 2.42. The van der Waals surface area contributed by atoms with E-state index in [0.717, 1.165) is 50.8 Å². The van der Waals surface area contributed by atoms with Gasteiger partial charge in [-0.2, -0.15) is 4.98 Å². The van der Waals surface area contributed by atoms with Crippen LogP contribution < -0.4 is 10.1 Å². The second kappa shape index (κ2) is 7.80. The summed E-state index contributed by atoms with van der Waals surface area (Å²) in [5.41, 5.74) is 2.54. The Balaban J connectivity index is 1.90. The first-order valence-electron chi connectivity index (χ1n) is 9.79. The summed E-state index contributed by atoms with van der Waals surface area (Å²) in [4.78, 5) is 18.0. The third kappa shape index (κ3) is 3.84.